The molecule has 1 fully saturated rings. The van der Waals surface area contributed by atoms with Gasteiger partial charge in [-0.15, -0.1) is 0 Å². The molecular weight excluding hydrogens is 480 g/mol. The maximum Gasteiger partial charge on any atom is 0.239 e. The van der Waals surface area contributed by atoms with Gasteiger partial charge in [0.2, 0.25) is 23.2 Å². The molecule has 0 amide bonds. The SMILES string of the molecule is CC[C@H]1O[C@@H](Oc2c(-c3cc(OC)c(O)c(OC)c3)oc3cc(O)cc(O)c3c2=O)C(O)C(O)[C@H]1O. The summed E-state index contributed by atoms with van der Waals surface area (Å²) in [5, 5.41) is 61.1. The van der Waals surface area contributed by atoms with E-state index in [1.54, 1.807) is 6.92 Å². The molecule has 0 radical (unpaired) electrons. The van der Waals surface area contributed by atoms with Crippen LogP contribution in [0.1, 0.15) is 13.3 Å². The van der Waals surface area contributed by atoms with Gasteiger partial charge in [0.05, 0.1) is 20.3 Å². The Hall–Kier alpha value is -3.71. The second kappa shape index (κ2) is 9.74. The predicted octanol–water partition coefficient (Wildman–Crippen LogP) is 1.19. The number of rotatable bonds is 6. The first-order chi connectivity index (χ1) is 17.1. The lowest BCUT2D eigenvalue weighted by molar-refractivity contribution is -0.272. The number of aliphatic hydroxyl groups is 3. The molecule has 0 bridgehead atoms. The third-order valence-electron chi connectivity index (χ3n) is 5.96. The van der Waals surface area contributed by atoms with Crippen LogP contribution < -0.4 is 19.6 Å². The van der Waals surface area contributed by atoms with Crippen LogP contribution in [-0.4, -0.2) is 75.6 Å². The van der Waals surface area contributed by atoms with Crippen molar-refractivity contribution in [3.63, 3.8) is 0 Å². The largest absolute Gasteiger partial charge is 0.508 e. The lowest BCUT2D eigenvalue weighted by atomic mass is 9.97. The van der Waals surface area contributed by atoms with E-state index in [1.807, 2.05) is 0 Å². The second-order valence-electron chi connectivity index (χ2n) is 8.20. The van der Waals surface area contributed by atoms with Crippen LogP contribution in [0, 0.1) is 0 Å². The number of phenols is 3. The van der Waals surface area contributed by atoms with Gasteiger partial charge >= 0.3 is 0 Å². The molecule has 0 spiro atoms. The fourth-order valence-corrected chi connectivity index (χ4v) is 4.06. The minimum Gasteiger partial charge on any atom is -0.508 e. The molecule has 2 unspecified atom stereocenters. The van der Waals surface area contributed by atoms with Crippen molar-refractivity contribution in [1.29, 1.82) is 0 Å². The standard InChI is InChI=1S/C24H26O12/c1-4-12-18(28)20(30)21(31)24(35-12)36-23-19(29)16-11(26)7-10(25)8-13(16)34-22(23)9-5-14(32-2)17(27)15(6-9)33-3/h5-8,12,18,20-21,24-28,30-31H,4H2,1-3H3/t12-,18+,20?,21?,24+/m1/s1. The summed E-state index contributed by atoms with van der Waals surface area (Å²) in [6.07, 6.45) is -7.03. The van der Waals surface area contributed by atoms with E-state index < -0.39 is 47.6 Å². The fraction of sp³-hybridized carbons (Fsp3) is 0.375. The lowest BCUT2D eigenvalue weighted by Gasteiger charge is -2.39. The first-order valence-corrected chi connectivity index (χ1v) is 11.0. The number of hydrogen-bond acceptors (Lipinski definition) is 12. The smallest absolute Gasteiger partial charge is 0.239 e. The van der Waals surface area contributed by atoms with E-state index in [0.717, 1.165) is 12.1 Å². The van der Waals surface area contributed by atoms with Crippen molar-refractivity contribution < 1.29 is 54.0 Å². The van der Waals surface area contributed by atoms with Crippen molar-refractivity contribution in [2.75, 3.05) is 14.2 Å². The number of aliphatic hydroxyl groups excluding tert-OH is 3. The summed E-state index contributed by atoms with van der Waals surface area (Å²) in [7, 11) is 2.60. The predicted molar refractivity (Wildman–Crippen MR) is 124 cm³/mol. The summed E-state index contributed by atoms with van der Waals surface area (Å²) in [4.78, 5) is 13.5. The molecule has 1 saturated heterocycles. The Kier molecular flexibility index (Phi) is 6.87. The van der Waals surface area contributed by atoms with E-state index in [0.29, 0.717) is 0 Å². The number of fused-ring (bicyclic) bond motifs is 1. The molecule has 0 saturated carbocycles. The van der Waals surface area contributed by atoms with Crippen molar-refractivity contribution >= 4 is 11.0 Å². The Morgan fingerprint density at radius 2 is 1.56 bits per heavy atom. The number of hydrogen-bond donors (Lipinski definition) is 6. The zero-order valence-electron chi connectivity index (χ0n) is 19.5. The van der Waals surface area contributed by atoms with E-state index in [-0.39, 0.29) is 51.7 Å². The molecule has 5 atom stereocenters. The number of phenolic OH excluding ortho intramolecular Hbond substituents is 3. The first-order valence-electron chi connectivity index (χ1n) is 11.0. The molecule has 12 nitrogen and oxygen atoms in total. The third kappa shape index (κ3) is 4.24. The highest BCUT2D eigenvalue weighted by molar-refractivity contribution is 5.88. The molecule has 36 heavy (non-hydrogen) atoms. The summed E-state index contributed by atoms with van der Waals surface area (Å²) in [6, 6.07) is 4.69. The third-order valence-corrected chi connectivity index (χ3v) is 5.96. The molecule has 6 N–H and O–H groups in total. The van der Waals surface area contributed by atoms with Gasteiger partial charge in [-0.3, -0.25) is 4.79 Å². The molecule has 194 valence electrons. The maximum absolute atomic E-state index is 13.5. The Morgan fingerprint density at radius 3 is 2.14 bits per heavy atom. The molecular formula is C24H26O12. The summed E-state index contributed by atoms with van der Waals surface area (Å²) < 4.78 is 27.5. The molecule has 2 heterocycles. The van der Waals surface area contributed by atoms with Crippen LogP contribution in [0.25, 0.3) is 22.3 Å². The molecule has 1 aromatic heterocycles. The van der Waals surface area contributed by atoms with E-state index in [2.05, 4.69) is 0 Å². The number of methoxy groups -OCH3 is 2. The topological polar surface area (TPSA) is 189 Å². The summed E-state index contributed by atoms with van der Waals surface area (Å²) in [6.45, 7) is 1.69. The van der Waals surface area contributed by atoms with Crippen molar-refractivity contribution in [1.82, 2.24) is 0 Å². The Morgan fingerprint density at radius 1 is 0.917 bits per heavy atom. The van der Waals surface area contributed by atoms with Gasteiger partial charge in [0.15, 0.2) is 17.3 Å². The summed E-state index contributed by atoms with van der Waals surface area (Å²) >= 11 is 0. The van der Waals surface area contributed by atoms with Crippen LogP contribution >= 0.6 is 0 Å². The molecule has 3 aromatic rings. The van der Waals surface area contributed by atoms with Crippen LogP contribution in [0.3, 0.4) is 0 Å². The Balaban J connectivity index is 1.96. The van der Waals surface area contributed by atoms with E-state index in [1.165, 1.54) is 26.4 Å². The highest BCUT2D eigenvalue weighted by Crippen LogP contribution is 2.44. The van der Waals surface area contributed by atoms with Gasteiger partial charge in [-0.25, -0.2) is 0 Å². The van der Waals surface area contributed by atoms with Crippen LogP contribution in [0.2, 0.25) is 0 Å². The summed E-state index contributed by atoms with van der Waals surface area (Å²) in [5.41, 5.74) is -0.965. The number of ether oxygens (including phenoxy) is 4. The molecule has 4 rings (SSSR count). The lowest BCUT2D eigenvalue weighted by Crippen LogP contribution is -2.59. The van der Waals surface area contributed by atoms with Gasteiger partial charge in [0.25, 0.3) is 0 Å². The van der Waals surface area contributed by atoms with Crippen LogP contribution in [0.5, 0.6) is 34.5 Å². The van der Waals surface area contributed by atoms with Crippen LogP contribution in [-0.2, 0) is 4.74 Å². The van der Waals surface area contributed by atoms with Gasteiger partial charge < -0.3 is 54.0 Å². The average Bonchev–Trinajstić information content (AvgIpc) is 2.85. The monoisotopic (exact) mass is 506 g/mol. The van der Waals surface area contributed by atoms with Crippen molar-refractivity contribution in [3.05, 3.63) is 34.5 Å². The number of aromatic hydroxyl groups is 3. The van der Waals surface area contributed by atoms with Gasteiger partial charge in [-0.2, -0.15) is 0 Å². The zero-order valence-corrected chi connectivity index (χ0v) is 19.5. The molecule has 1 aliphatic rings. The molecule has 1 aliphatic heterocycles. The minimum absolute atomic E-state index is 0.0321. The molecule has 2 aromatic carbocycles. The van der Waals surface area contributed by atoms with Crippen LogP contribution in [0.4, 0.5) is 0 Å². The maximum atomic E-state index is 13.5. The number of benzene rings is 2. The van der Waals surface area contributed by atoms with Crippen molar-refractivity contribution in [2.24, 2.45) is 0 Å². The Labute approximate surface area is 204 Å². The second-order valence-corrected chi connectivity index (χ2v) is 8.20. The van der Waals surface area contributed by atoms with Crippen molar-refractivity contribution in [3.8, 4) is 45.8 Å². The fourth-order valence-electron chi connectivity index (χ4n) is 4.06. The van der Waals surface area contributed by atoms with Gasteiger partial charge in [-0.05, 0) is 18.6 Å². The average molecular weight is 506 g/mol. The van der Waals surface area contributed by atoms with Gasteiger partial charge in [-0.1, -0.05) is 6.92 Å². The quantitative estimate of drug-likeness (QED) is 0.281. The minimum atomic E-state index is -1.75. The first kappa shape index (κ1) is 25.4. The van der Waals surface area contributed by atoms with E-state index >= 15 is 0 Å². The molecule has 12 heteroatoms. The van der Waals surface area contributed by atoms with Crippen LogP contribution in [0.15, 0.2) is 33.5 Å². The zero-order chi connectivity index (χ0) is 26.3. The summed E-state index contributed by atoms with van der Waals surface area (Å²) in [5.74, 6) is -2.14. The van der Waals surface area contributed by atoms with Gasteiger partial charge in [0, 0.05) is 17.7 Å². The van der Waals surface area contributed by atoms with Gasteiger partial charge in [0.1, 0.15) is 40.8 Å². The highest BCUT2D eigenvalue weighted by Gasteiger charge is 2.45. The normalized spacial score (nSPS) is 24.0. The molecule has 0 aliphatic carbocycles. The Bertz CT molecular complexity index is 1310. The van der Waals surface area contributed by atoms with E-state index in [4.69, 9.17) is 23.4 Å². The van der Waals surface area contributed by atoms with Crippen molar-refractivity contribution in [2.45, 2.75) is 44.1 Å². The highest BCUT2D eigenvalue weighted by atomic mass is 16.7. The van der Waals surface area contributed by atoms with E-state index in [9.17, 15) is 35.4 Å².